The van der Waals surface area contributed by atoms with E-state index in [-0.39, 0.29) is 5.96 Å². The van der Waals surface area contributed by atoms with Crippen molar-refractivity contribution in [3.05, 3.63) is 66.1 Å². The summed E-state index contributed by atoms with van der Waals surface area (Å²) in [5.41, 5.74) is 14.4. The van der Waals surface area contributed by atoms with Crippen LogP contribution in [0.3, 0.4) is 0 Å². The third-order valence-corrected chi connectivity index (χ3v) is 5.42. The first-order valence-corrected chi connectivity index (χ1v) is 10.7. The molecule has 0 atom stereocenters. The molecule has 3 aromatic rings. The molecular weight excluding hydrogens is 418 g/mol. The maximum Gasteiger partial charge on any atom is 0.344 e. The summed E-state index contributed by atoms with van der Waals surface area (Å²) in [6, 6.07) is 11.3. The number of amides is 2. The van der Waals surface area contributed by atoms with Gasteiger partial charge >= 0.3 is 6.03 Å². The van der Waals surface area contributed by atoms with Gasteiger partial charge in [0.05, 0.1) is 0 Å². The van der Waals surface area contributed by atoms with Crippen molar-refractivity contribution in [3.63, 3.8) is 0 Å². The second kappa shape index (κ2) is 9.94. The van der Waals surface area contributed by atoms with Gasteiger partial charge in [-0.15, -0.1) is 0 Å². The highest BCUT2D eigenvalue weighted by atomic mass is 16.2. The Kier molecular flexibility index (Phi) is 6.63. The maximum atomic E-state index is 11.6. The molecule has 2 aromatic heterocycles. The van der Waals surface area contributed by atoms with Crippen LogP contribution in [0.2, 0.25) is 0 Å². The second-order valence-electron chi connectivity index (χ2n) is 7.79. The summed E-state index contributed by atoms with van der Waals surface area (Å²) in [6.45, 7) is 5.81. The van der Waals surface area contributed by atoms with E-state index in [0.717, 1.165) is 54.6 Å². The fourth-order valence-corrected chi connectivity index (χ4v) is 3.76. The molecule has 10 heteroatoms. The maximum absolute atomic E-state index is 11.6. The molecule has 0 bridgehead atoms. The Hall–Kier alpha value is -4.21. The summed E-state index contributed by atoms with van der Waals surface area (Å²) in [7, 11) is 0. The molecule has 1 fully saturated rings. The molecule has 4 rings (SSSR count). The average Bonchev–Trinajstić information content (AvgIpc) is 2.83. The first kappa shape index (κ1) is 22.0. The van der Waals surface area contributed by atoms with Crippen LogP contribution in [0, 0.1) is 6.92 Å². The number of carbonyl (C=O) groups is 1. The molecule has 1 aliphatic heterocycles. The molecule has 0 spiro atoms. The number of nitrogens with zero attached hydrogens (tertiary/aromatic N) is 6. The van der Waals surface area contributed by atoms with Crippen LogP contribution in [0.5, 0.6) is 0 Å². The lowest BCUT2D eigenvalue weighted by atomic mass is 10.1. The lowest BCUT2D eigenvalue weighted by Crippen LogP contribution is -2.47. The third kappa shape index (κ3) is 5.53. The number of nitrogens with one attached hydrogen (secondary N) is 1. The number of aliphatic imine (C=N–C) groups is 1. The number of benzene rings is 1. The number of aromatic nitrogens is 3. The smallest absolute Gasteiger partial charge is 0.344 e. The molecule has 2 amide bonds. The van der Waals surface area contributed by atoms with Crippen molar-refractivity contribution >= 4 is 23.8 Å². The van der Waals surface area contributed by atoms with Gasteiger partial charge in [-0.2, -0.15) is 4.99 Å². The predicted molar refractivity (Wildman–Crippen MR) is 129 cm³/mol. The van der Waals surface area contributed by atoms with Crippen LogP contribution < -0.4 is 26.6 Å². The first-order chi connectivity index (χ1) is 16.0. The zero-order valence-electron chi connectivity index (χ0n) is 18.5. The normalized spacial score (nSPS) is 13.5. The second-order valence-corrected chi connectivity index (χ2v) is 7.79. The van der Waals surface area contributed by atoms with Crippen molar-refractivity contribution in [1.82, 2.24) is 20.3 Å². The fourth-order valence-electron chi connectivity index (χ4n) is 3.76. The monoisotopic (exact) mass is 445 g/mol. The number of pyridine rings is 1. The van der Waals surface area contributed by atoms with Crippen molar-refractivity contribution in [2.75, 3.05) is 36.0 Å². The van der Waals surface area contributed by atoms with E-state index >= 15 is 0 Å². The number of hydrogen-bond acceptors (Lipinski definition) is 6. The van der Waals surface area contributed by atoms with Crippen molar-refractivity contribution in [3.8, 4) is 11.1 Å². The number of piperazine rings is 1. The van der Waals surface area contributed by atoms with E-state index < -0.39 is 6.03 Å². The van der Waals surface area contributed by atoms with Gasteiger partial charge in [-0.3, -0.25) is 0 Å². The van der Waals surface area contributed by atoms with Crippen LogP contribution in [0.15, 0.2) is 60.0 Å². The summed E-state index contributed by atoms with van der Waals surface area (Å²) in [6.07, 6.45) is 5.49. The molecule has 0 saturated carbocycles. The Morgan fingerprint density at radius 2 is 1.73 bits per heavy atom. The minimum atomic E-state index is -0.577. The third-order valence-electron chi connectivity index (χ3n) is 5.42. The molecule has 1 aromatic carbocycles. The molecular formula is C23H27N9O. The number of hydrogen-bond donors (Lipinski definition) is 3. The Bertz CT molecular complexity index is 1130. The Labute approximate surface area is 192 Å². The summed E-state index contributed by atoms with van der Waals surface area (Å²) in [5, 5.41) is 2.65. The van der Waals surface area contributed by atoms with Gasteiger partial charge in [0.1, 0.15) is 5.82 Å². The largest absolute Gasteiger partial charge is 0.370 e. The zero-order chi connectivity index (χ0) is 23.2. The van der Waals surface area contributed by atoms with Crippen LogP contribution in [0.4, 0.5) is 16.6 Å². The molecule has 1 aliphatic rings. The number of anilines is 2. The lowest BCUT2D eigenvalue weighted by molar-refractivity contribution is 0.249. The van der Waals surface area contributed by atoms with Gasteiger partial charge in [-0.25, -0.2) is 19.7 Å². The zero-order valence-corrected chi connectivity index (χ0v) is 18.5. The molecule has 170 valence electrons. The minimum Gasteiger partial charge on any atom is -0.370 e. The van der Waals surface area contributed by atoms with Crippen molar-refractivity contribution < 1.29 is 4.79 Å². The number of nitrogens with two attached hydrogens (primary N) is 2. The van der Waals surface area contributed by atoms with E-state index in [1.54, 1.807) is 0 Å². The quantitative estimate of drug-likeness (QED) is 0.398. The highest BCUT2D eigenvalue weighted by molar-refractivity contribution is 5.90. The molecule has 3 heterocycles. The average molecular weight is 446 g/mol. The fraction of sp³-hybridized carbons (Fsp3) is 0.261. The summed E-state index contributed by atoms with van der Waals surface area (Å²) < 4.78 is 0. The van der Waals surface area contributed by atoms with Gasteiger partial charge < -0.3 is 26.6 Å². The standard InChI is InChI=1S/C23H27N9O/c1-16-4-3-7-26-20(16)31-8-10-32(11-9-31)22-27-14-19(15-28-22)18-6-2-5-17(12-18)13-29-23(33)30-21(24)25/h2-7,12,14-15H,8-11,13H2,1H3,(H5,24,25,29,30,33). The molecule has 0 radical (unpaired) electrons. The molecule has 1 saturated heterocycles. The summed E-state index contributed by atoms with van der Waals surface area (Å²) in [5.74, 6) is 1.49. The molecule has 10 nitrogen and oxygen atoms in total. The van der Waals surface area contributed by atoms with Crippen LogP contribution >= 0.6 is 0 Å². The molecule has 5 N–H and O–H groups in total. The Morgan fingerprint density at radius 3 is 2.42 bits per heavy atom. The number of guanidine groups is 1. The van der Waals surface area contributed by atoms with Gasteiger partial charge in [0.2, 0.25) is 5.95 Å². The molecule has 0 unspecified atom stereocenters. The van der Waals surface area contributed by atoms with E-state index in [2.05, 4.69) is 48.1 Å². The van der Waals surface area contributed by atoms with Gasteiger partial charge in [0.15, 0.2) is 5.96 Å². The Morgan fingerprint density at radius 1 is 1.00 bits per heavy atom. The van der Waals surface area contributed by atoms with E-state index in [1.165, 1.54) is 5.56 Å². The van der Waals surface area contributed by atoms with E-state index in [9.17, 15) is 4.79 Å². The lowest BCUT2D eigenvalue weighted by Gasteiger charge is -2.36. The minimum absolute atomic E-state index is 0.272. The van der Waals surface area contributed by atoms with Gasteiger partial charge in [-0.05, 0) is 35.7 Å². The van der Waals surface area contributed by atoms with Gasteiger partial charge in [0, 0.05) is 56.9 Å². The van der Waals surface area contributed by atoms with E-state index in [1.807, 2.05) is 48.9 Å². The van der Waals surface area contributed by atoms with Crippen LogP contribution in [0.25, 0.3) is 11.1 Å². The Balaban J connectivity index is 1.37. The highest BCUT2D eigenvalue weighted by Crippen LogP contribution is 2.22. The highest BCUT2D eigenvalue weighted by Gasteiger charge is 2.20. The number of aryl methyl sites for hydroxylation is 1. The number of carbonyl (C=O) groups excluding carboxylic acids is 1. The summed E-state index contributed by atoms with van der Waals surface area (Å²) in [4.78, 5) is 33.2. The predicted octanol–water partition coefficient (Wildman–Crippen LogP) is 1.66. The topological polar surface area (TPSA) is 139 Å². The van der Waals surface area contributed by atoms with Crippen molar-refractivity contribution in [2.45, 2.75) is 13.5 Å². The first-order valence-electron chi connectivity index (χ1n) is 10.7. The van der Waals surface area contributed by atoms with Gasteiger partial charge in [0.25, 0.3) is 0 Å². The van der Waals surface area contributed by atoms with Crippen LogP contribution in [-0.2, 0) is 6.54 Å². The van der Waals surface area contributed by atoms with E-state index in [0.29, 0.717) is 6.54 Å². The molecule has 33 heavy (non-hydrogen) atoms. The summed E-state index contributed by atoms with van der Waals surface area (Å²) >= 11 is 0. The SMILES string of the molecule is Cc1cccnc1N1CCN(c2ncc(-c3cccc(CNC(=O)N=C(N)N)c3)cn2)CC1. The van der Waals surface area contributed by atoms with Crippen LogP contribution in [-0.4, -0.2) is 53.1 Å². The van der Waals surface area contributed by atoms with E-state index in [4.69, 9.17) is 11.5 Å². The number of urea groups is 1. The number of rotatable bonds is 5. The molecule has 0 aliphatic carbocycles. The van der Waals surface area contributed by atoms with Crippen LogP contribution in [0.1, 0.15) is 11.1 Å². The van der Waals surface area contributed by atoms with Crippen molar-refractivity contribution in [2.24, 2.45) is 16.5 Å². The van der Waals surface area contributed by atoms with Gasteiger partial charge in [-0.1, -0.05) is 24.3 Å². The van der Waals surface area contributed by atoms with Crippen molar-refractivity contribution in [1.29, 1.82) is 0 Å².